The van der Waals surface area contributed by atoms with Crippen LogP contribution in [-0.2, 0) is 11.2 Å². The lowest BCUT2D eigenvalue weighted by Gasteiger charge is -2.33. The van der Waals surface area contributed by atoms with Gasteiger partial charge in [0.05, 0.1) is 6.04 Å². The molecule has 2 aromatic carbocycles. The number of halogens is 1. The van der Waals surface area contributed by atoms with Crippen LogP contribution in [0.1, 0.15) is 35.5 Å². The van der Waals surface area contributed by atoms with Gasteiger partial charge in [-0.2, -0.15) is 0 Å². The van der Waals surface area contributed by atoms with Crippen LogP contribution in [0.2, 0.25) is 0 Å². The molecule has 2 unspecified atom stereocenters. The van der Waals surface area contributed by atoms with E-state index in [1.54, 1.807) is 12.1 Å². The van der Waals surface area contributed by atoms with Gasteiger partial charge in [-0.25, -0.2) is 9.07 Å². The van der Waals surface area contributed by atoms with Gasteiger partial charge in [-0.15, -0.1) is 10.2 Å². The molecule has 1 aliphatic heterocycles. The van der Waals surface area contributed by atoms with Crippen molar-refractivity contribution >= 4 is 23.4 Å². The predicted molar refractivity (Wildman–Crippen MR) is 112 cm³/mol. The summed E-state index contributed by atoms with van der Waals surface area (Å²) < 4.78 is 15.3. The van der Waals surface area contributed by atoms with E-state index in [0.29, 0.717) is 11.6 Å². The Morgan fingerprint density at radius 2 is 1.86 bits per heavy atom. The maximum absolute atomic E-state index is 13.5. The van der Waals surface area contributed by atoms with Gasteiger partial charge in [0, 0.05) is 12.1 Å². The number of anilines is 1. The van der Waals surface area contributed by atoms with Gasteiger partial charge in [0.25, 0.3) is 0 Å². The van der Waals surface area contributed by atoms with Crippen molar-refractivity contribution in [1.29, 1.82) is 0 Å². The topological polar surface area (TPSA) is 71.8 Å². The molecule has 0 saturated heterocycles. The number of benzene rings is 2. The van der Waals surface area contributed by atoms with Crippen molar-refractivity contribution in [2.45, 2.75) is 43.6 Å². The number of thioether (sulfide) groups is 1. The molecule has 4 rings (SSSR count). The molecule has 1 amide bonds. The Kier molecular flexibility index (Phi) is 5.27. The first-order valence-corrected chi connectivity index (χ1v) is 10.3. The zero-order valence-electron chi connectivity index (χ0n) is 16.4. The first-order chi connectivity index (χ1) is 13.9. The highest BCUT2D eigenvalue weighted by molar-refractivity contribution is 8.00. The zero-order valence-corrected chi connectivity index (χ0v) is 17.3. The van der Waals surface area contributed by atoms with Gasteiger partial charge >= 0.3 is 0 Å². The predicted octanol–water partition coefficient (Wildman–Crippen LogP) is 3.99. The van der Waals surface area contributed by atoms with Gasteiger partial charge in [-0.05, 0) is 54.8 Å². The van der Waals surface area contributed by atoms with Gasteiger partial charge in [-0.1, -0.05) is 36.9 Å². The van der Waals surface area contributed by atoms with E-state index >= 15 is 0 Å². The Bertz CT molecular complexity index is 1030. The van der Waals surface area contributed by atoms with Crippen molar-refractivity contribution in [2.75, 3.05) is 10.7 Å². The van der Waals surface area contributed by atoms with E-state index in [1.165, 1.54) is 23.9 Å². The molecule has 150 valence electrons. The third kappa shape index (κ3) is 3.98. The summed E-state index contributed by atoms with van der Waals surface area (Å²) in [5, 5.41) is 11.6. The number of fused-ring (bicyclic) bond motifs is 1. The van der Waals surface area contributed by atoms with E-state index in [-0.39, 0.29) is 17.8 Å². The second-order valence-electron chi connectivity index (χ2n) is 7.15. The molecule has 8 heteroatoms. The number of hydrogen-bond donors (Lipinski definition) is 2. The number of rotatable bonds is 4. The zero-order chi connectivity index (χ0) is 20.5. The normalized spacial score (nSPS) is 18.1. The molecule has 0 saturated carbocycles. The number of aromatic nitrogens is 3. The number of nitrogens with zero attached hydrogens (tertiary/aromatic N) is 3. The summed E-state index contributed by atoms with van der Waals surface area (Å²) in [6, 6.07) is 11.8. The lowest BCUT2D eigenvalue weighted by Crippen LogP contribution is -2.41. The molecule has 0 bridgehead atoms. The standard InChI is InChI=1S/C21H22FN5OS/c1-4-17-24-25-21-27(17)26-18(14-5-7-15(22)8-6-14)19(29-21)20(28)23-16-10-12(2)9-13(3)11-16/h5-11,18-19,26H,4H2,1-3H3,(H,23,28). The fourth-order valence-corrected chi connectivity index (χ4v) is 4.61. The summed E-state index contributed by atoms with van der Waals surface area (Å²) in [6.45, 7) is 5.99. The second kappa shape index (κ2) is 7.87. The summed E-state index contributed by atoms with van der Waals surface area (Å²) in [6.07, 6.45) is 0.704. The highest BCUT2D eigenvalue weighted by Gasteiger charge is 2.37. The Labute approximate surface area is 172 Å². The lowest BCUT2D eigenvalue weighted by atomic mass is 10.0. The van der Waals surface area contributed by atoms with Crippen molar-refractivity contribution in [1.82, 2.24) is 14.9 Å². The fraction of sp³-hybridized carbons (Fsp3) is 0.286. The quantitative estimate of drug-likeness (QED) is 0.679. The summed E-state index contributed by atoms with van der Waals surface area (Å²) in [4.78, 5) is 13.2. The minimum atomic E-state index is -0.498. The monoisotopic (exact) mass is 411 g/mol. The molecular weight excluding hydrogens is 389 g/mol. The molecular formula is C21H22FN5OS. The molecule has 29 heavy (non-hydrogen) atoms. The van der Waals surface area contributed by atoms with Crippen LogP contribution < -0.4 is 10.7 Å². The average Bonchev–Trinajstić information content (AvgIpc) is 3.09. The minimum absolute atomic E-state index is 0.144. The van der Waals surface area contributed by atoms with Gasteiger partial charge in [0.2, 0.25) is 11.1 Å². The maximum atomic E-state index is 13.5. The Hall–Kier alpha value is -2.87. The Morgan fingerprint density at radius 3 is 2.52 bits per heavy atom. The molecule has 1 aliphatic rings. The van der Waals surface area contributed by atoms with Crippen LogP contribution in [0.5, 0.6) is 0 Å². The van der Waals surface area contributed by atoms with Gasteiger partial charge < -0.3 is 10.7 Å². The molecule has 1 aromatic heterocycles. The van der Waals surface area contributed by atoms with Crippen molar-refractivity contribution in [3.8, 4) is 0 Å². The number of hydrogen-bond acceptors (Lipinski definition) is 5. The van der Waals surface area contributed by atoms with E-state index in [0.717, 1.165) is 28.2 Å². The molecule has 2 atom stereocenters. The third-order valence-corrected chi connectivity index (χ3v) is 6.01. The van der Waals surface area contributed by atoms with E-state index in [9.17, 15) is 9.18 Å². The van der Waals surface area contributed by atoms with Crippen molar-refractivity contribution < 1.29 is 9.18 Å². The van der Waals surface area contributed by atoms with Gasteiger partial charge in [0.1, 0.15) is 11.1 Å². The Morgan fingerprint density at radius 1 is 1.17 bits per heavy atom. The summed E-state index contributed by atoms with van der Waals surface area (Å²) in [5.41, 5.74) is 7.10. The van der Waals surface area contributed by atoms with Crippen LogP contribution in [0.3, 0.4) is 0 Å². The molecule has 2 heterocycles. The number of amides is 1. The minimum Gasteiger partial charge on any atom is -0.325 e. The smallest absolute Gasteiger partial charge is 0.240 e. The largest absolute Gasteiger partial charge is 0.325 e. The van der Waals surface area contributed by atoms with Crippen LogP contribution >= 0.6 is 11.8 Å². The summed E-state index contributed by atoms with van der Waals surface area (Å²) in [7, 11) is 0. The first kappa shape index (κ1) is 19.4. The van der Waals surface area contributed by atoms with Crippen molar-refractivity contribution in [3.05, 3.63) is 70.8 Å². The van der Waals surface area contributed by atoms with E-state index in [1.807, 2.05) is 37.6 Å². The van der Waals surface area contributed by atoms with E-state index in [4.69, 9.17) is 0 Å². The molecule has 0 fully saturated rings. The number of carbonyl (C=O) groups excluding carboxylic acids is 1. The van der Waals surface area contributed by atoms with Crippen LogP contribution in [-0.4, -0.2) is 26.0 Å². The Balaban J connectivity index is 1.67. The first-order valence-electron chi connectivity index (χ1n) is 9.46. The summed E-state index contributed by atoms with van der Waals surface area (Å²) >= 11 is 1.36. The molecule has 6 nitrogen and oxygen atoms in total. The fourth-order valence-electron chi connectivity index (χ4n) is 3.51. The molecule has 2 N–H and O–H groups in total. The van der Waals surface area contributed by atoms with Crippen LogP contribution in [0, 0.1) is 19.7 Å². The molecule has 0 radical (unpaired) electrons. The second-order valence-corrected chi connectivity index (χ2v) is 8.26. The highest BCUT2D eigenvalue weighted by Crippen LogP contribution is 2.37. The lowest BCUT2D eigenvalue weighted by molar-refractivity contribution is -0.116. The van der Waals surface area contributed by atoms with E-state index < -0.39 is 5.25 Å². The average molecular weight is 412 g/mol. The van der Waals surface area contributed by atoms with Crippen LogP contribution in [0.25, 0.3) is 0 Å². The third-order valence-electron chi connectivity index (χ3n) is 4.80. The SMILES string of the molecule is CCc1nnc2n1NC(c1ccc(F)cc1)C(C(=O)Nc1cc(C)cc(C)c1)S2. The highest BCUT2D eigenvalue weighted by atomic mass is 32.2. The summed E-state index contributed by atoms with van der Waals surface area (Å²) in [5.74, 6) is 0.328. The molecule has 3 aromatic rings. The number of nitrogens with one attached hydrogen (secondary N) is 2. The van der Waals surface area contributed by atoms with Crippen molar-refractivity contribution in [2.24, 2.45) is 0 Å². The van der Waals surface area contributed by atoms with Gasteiger partial charge in [0.15, 0.2) is 5.82 Å². The number of carbonyl (C=O) groups is 1. The van der Waals surface area contributed by atoms with Gasteiger partial charge in [-0.3, -0.25) is 4.79 Å². The molecule has 0 spiro atoms. The molecule has 0 aliphatic carbocycles. The maximum Gasteiger partial charge on any atom is 0.240 e. The number of aryl methyl sites for hydroxylation is 3. The van der Waals surface area contributed by atoms with Crippen LogP contribution in [0.15, 0.2) is 47.6 Å². The van der Waals surface area contributed by atoms with Crippen LogP contribution in [0.4, 0.5) is 10.1 Å². The van der Waals surface area contributed by atoms with E-state index in [2.05, 4.69) is 27.0 Å². The van der Waals surface area contributed by atoms with Crippen molar-refractivity contribution in [3.63, 3.8) is 0 Å².